The van der Waals surface area contributed by atoms with Gasteiger partial charge in [0.05, 0.1) is 0 Å². The summed E-state index contributed by atoms with van der Waals surface area (Å²) in [4.78, 5) is 28.6. The van der Waals surface area contributed by atoms with Gasteiger partial charge in [-0.25, -0.2) is 0 Å². The highest BCUT2D eigenvalue weighted by molar-refractivity contribution is 6.05. The summed E-state index contributed by atoms with van der Waals surface area (Å²) in [6, 6.07) is 8.99. The number of benzene rings is 1. The van der Waals surface area contributed by atoms with E-state index in [4.69, 9.17) is 0 Å². The van der Waals surface area contributed by atoms with Crippen molar-refractivity contribution in [3.8, 4) is 0 Å². The lowest BCUT2D eigenvalue weighted by atomic mass is 10.1. The summed E-state index contributed by atoms with van der Waals surface area (Å²) < 4.78 is 0. The molecule has 1 amide bonds. The fourth-order valence-electron chi connectivity index (χ4n) is 1.97. The molecule has 0 bridgehead atoms. The largest absolute Gasteiger partial charge is 0.364 e. The van der Waals surface area contributed by atoms with Crippen LogP contribution in [0.4, 0.5) is 5.69 Å². The van der Waals surface area contributed by atoms with Gasteiger partial charge in [-0.15, -0.1) is 0 Å². The van der Waals surface area contributed by atoms with Gasteiger partial charge in [0.1, 0.15) is 5.56 Å². The van der Waals surface area contributed by atoms with E-state index in [9.17, 15) is 9.59 Å². The fraction of sp³-hybridized carbons (Fsp3) is 0.200. The molecule has 0 unspecified atom stereocenters. The van der Waals surface area contributed by atoms with Crippen molar-refractivity contribution in [1.82, 2.24) is 4.98 Å². The van der Waals surface area contributed by atoms with Crippen molar-refractivity contribution in [1.29, 1.82) is 0 Å². The Labute approximate surface area is 111 Å². The van der Waals surface area contributed by atoms with E-state index in [0.717, 1.165) is 16.9 Å². The number of nitrogens with one attached hydrogen (secondary N) is 1. The Morgan fingerprint density at radius 2 is 1.89 bits per heavy atom. The van der Waals surface area contributed by atoms with Gasteiger partial charge in [-0.3, -0.25) is 9.59 Å². The van der Waals surface area contributed by atoms with Crippen molar-refractivity contribution in [3.05, 3.63) is 63.6 Å². The summed E-state index contributed by atoms with van der Waals surface area (Å²) >= 11 is 0. The molecular weight excluding hydrogens is 240 g/mol. The zero-order valence-electron chi connectivity index (χ0n) is 11.2. The number of hydrogen-bond acceptors (Lipinski definition) is 2. The second kappa shape index (κ2) is 5.10. The average molecular weight is 256 g/mol. The number of rotatable bonds is 2. The SMILES string of the molecule is Cc1cc(=O)c(C(=O)N(C)c2ccccc2C)c[nH]1. The molecule has 0 spiro atoms. The third kappa shape index (κ3) is 2.57. The van der Waals surface area contributed by atoms with Crippen LogP contribution in [0.15, 0.2) is 41.3 Å². The van der Waals surface area contributed by atoms with Crippen molar-refractivity contribution in [2.24, 2.45) is 0 Å². The van der Waals surface area contributed by atoms with Gasteiger partial charge < -0.3 is 9.88 Å². The fourth-order valence-corrected chi connectivity index (χ4v) is 1.97. The van der Waals surface area contributed by atoms with Gasteiger partial charge >= 0.3 is 0 Å². The molecule has 1 aromatic carbocycles. The second-order valence-corrected chi connectivity index (χ2v) is 4.54. The normalized spacial score (nSPS) is 10.3. The van der Waals surface area contributed by atoms with Gasteiger partial charge in [0.15, 0.2) is 5.43 Å². The topological polar surface area (TPSA) is 53.2 Å². The predicted molar refractivity (Wildman–Crippen MR) is 75.7 cm³/mol. The van der Waals surface area contributed by atoms with Crippen LogP contribution in [0.3, 0.4) is 0 Å². The molecule has 0 atom stereocenters. The molecule has 1 aromatic heterocycles. The van der Waals surface area contributed by atoms with Gasteiger partial charge in [0.2, 0.25) is 0 Å². The Bertz CT molecular complexity index is 674. The number of amides is 1. The van der Waals surface area contributed by atoms with E-state index in [0.29, 0.717) is 0 Å². The number of aromatic nitrogens is 1. The van der Waals surface area contributed by atoms with Crippen molar-refractivity contribution in [3.63, 3.8) is 0 Å². The first kappa shape index (κ1) is 13.1. The first-order valence-electron chi connectivity index (χ1n) is 6.03. The molecule has 0 aliphatic heterocycles. The van der Waals surface area contributed by atoms with Crippen LogP contribution in [0, 0.1) is 13.8 Å². The lowest BCUT2D eigenvalue weighted by Gasteiger charge is -2.19. The van der Waals surface area contributed by atoms with E-state index in [1.165, 1.54) is 17.2 Å². The summed E-state index contributed by atoms with van der Waals surface area (Å²) in [7, 11) is 1.67. The van der Waals surface area contributed by atoms with E-state index >= 15 is 0 Å². The Kier molecular flexibility index (Phi) is 3.51. The Morgan fingerprint density at radius 1 is 1.21 bits per heavy atom. The van der Waals surface area contributed by atoms with Crippen LogP contribution in [-0.4, -0.2) is 17.9 Å². The van der Waals surface area contributed by atoms with Crippen LogP contribution >= 0.6 is 0 Å². The molecule has 0 saturated heterocycles. The monoisotopic (exact) mass is 256 g/mol. The van der Waals surface area contributed by atoms with Gasteiger partial charge in [-0.2, -0.15) is 0 Å². The van der Waals surface area contributed by atoms with Crippen LogP contribution in [-0.2, 0) is 0 Å². The van der Waals surface area contributed by atoms with Crippen LogP contribution in [0.1, 0.15) is 21.6 Å². The van der Waals surface area contributed by atoms with Crippen LogP contribution in [0.25, 0.3) is 0 Å². The molecule has 19 heavy (non-hydrogen) atoms. The lowest BCUT2D eigenvalue weighted by Crippen LogP contribution is -2.31. The molecule has 1 heterocycles. The Morgan fingerprint density at radius 3 is 2.53 bits per heavy atom. The van der Waals surface area contributed by atoms with E-state index < -0.39 is 0 Å². The minimum absolute atomic E-state index is 0.149. The van der Waals surface area contributed by atoms with Crippen LogP contribution in [0.5, 0.6) is 0 Å². The third-order valence-corrected chi connectivity index (χ3v) is 3.07. The Hall–Kier alpha value is -2.36. The lowest BCUT2D eigenvalue weighted by molar-refractivity contribution is 0.0991. The number of aryl methyl sites for hydroxylation is 2. The maximum Gasteiger partial charge on any atom is 0.263 e. The number of carbonyl (C=O) groups is 1. The van der Waals surface area contributed by atoms with Crippen molar-refractivity contribution in [2.75, 3.05) is 11.9 Å². The first-order chi connectivity index (χ1) is 9.00. The van der Waals surface area contributed by atoms with E-state index in [2.05, 4.69) is 4.98 Å². The summed E-state index contributed by atoms with van der Waals surface area (Å²) in [6.45, 7) is 3.71. The van der Waals surface area contributed by atoms with Gasteiger partial charge in [0.25, 0.3) is 5.91 Å². The molecule has 0 fully saturated rings. The molecular formula is C15H16N2O2. The zero-order chi connectivity index (χ0) is 14.0. The van der Waals surface area contributed by atoms with Crippen molar-refractivity contribution >= 4 is 11.6 Å². The van der Waals surface area contributed by atoms with Crippen LogP contribution < -0.4 is 10.3 Å². The minimum Gasteiger partial charge on any atom is -0.364 e. The number of carbonyl (C=O) groups excluding carboxylic acids is 1. The summed E-state index contributed by atoms with van der Waals surface area (Å²) in [5.41, 5.74) is 2.41. The van der Waals surface area contributed by atoms with Gasteiger partial charge in [0, 0.05) is 30.7 Å². The van der Waals surface area contributed by atoms with E-state index in [1.54, 1.807) is 14.0 Å². The molecule has 0 aliphatic carbocycles. The smallest absolute Gasteiger partial charge is 0.263 e. The number of nitrogens with zero attached hydrogens (tertiary/aromatic N) is 1. The molecule has 2 aromatic rings. The highest BCUT2D eigenvalue weighted by Gasteiger charge is 2.17. The molecule has 0 radical (unpaired) electrons. The molecule has 1 N–H and O–H groups in total. The summed E-state index contributed by atoms with van der Waals surface area (Å²) in [5, 5.41) is 0. The van der Waals surface area contributed by atoms with E-state index in [-0.39, 0.29) is 16.9 Å². The number of hydrogen-bond donors (Lipinski definition) is 1. The van der Waals surface area contributed by atoms with E-state index in [1.807, 2.05) is 31.2 Å². The molecule has 4 nitrogen and oxygen atoms in total. The Balaban J connectivity index is 2.40. The number of para-hydroxylation sites is 1. The maximum absolute atomic E-state index is 12.3. The van der Waals surface area contributed by atoms with Gasteiger partial charge in [-0.1, -0.05) is 18.2 Å². The highest BCUT2D eigenvalue weighted by atomic mass is 16.2. The second-order valence-electron chi connectivity index (χ2n) is 4.54. The quantitative estimate of drug-likeness (QED) is 0.896. The first-order valence-corrected chi connectivity index (χ1v) is 6.03. The molecule has 98 valence electrons. The molecule has 0 aliphatic rings. The predicted octanol–water partition coefficient (Wildman–Crippen LogP) is 2.27. The molecule has 0 saturated carbocycles. The van der Waals surface area contributed by atoms with Gasteiger partial charge in [-0.05, 0) is 25.5 Å². The third-order valence-electron chi connectivity index (χ3n) is 3.07. The number of aromatic amines is 1. The number of H-pyrrole nitrogens is 1. The van der Waals surface area contributed by atoms with Crippen molar-refractivity contribution in [2.45, 2.75) is 13.8 Å². The van der Waals surface area contributed by atoms with Crippen LogP contribution in [0.2, 0.25) is 0 Å². The van der Waals surface area contributed by atoms with Crippen molar-refractivity contribution < 1.29 is 4.79 Å². The zero-order valence-corrected chi connectivity index (χ0v) is 11.2. The molecule has 4 heteroatoms. The standard InChI is InChI=1S/C15H16N2O2/c1-10-6-4-5-7-13(10)17(3)15(19)12-9-16-11(2)8-14(12)18/h4-9H,1-3H3,(H,16,18). The highest BCUT2D eigenvalue weighted by Crippen LogP contribution is 2.19. The number of pyridine rings is 1. The maximum atomic E-state index is 12.3. The average Bonchev–Trinajstić information content (AvgIpc) is 2.38. The summed E-state index contributed by atoms with van der Waals surface area (Å²) in [6.07, 6.45) is 1.47. The summed E-state index contributed by atoms with van der Waals surface area (Å²) in [5.74, 6) is -0.310. The number of anilines is 1. The molecule has 2 rings (SSSR count). The minimum atomic E-state index is -0.310.